The number of benzene rings is 1. The minimum Gasteiger partial charge on any atom is -0.459 e. The summed E-state index contributed by atoms with van der Waals surface area (Å²) in [4.78, 5) is 12.0. The summed E-state index contributed by atoms with van der Waals surface area (Å²) in [6, 6.07) is 9.64. The zero-order valence-corrected chi connectivity index (χ0v) is 10.9. The van der Waals surface area contributed by atoms with Crippen LogP contribution in [0.3, 0.4) is 0 Å². The summed E-state index contributed by atoms with van der Waals surface area (Å²) in [5.41, 5.74) is 2.83. The molecule has 0 saturated heterocycles. The number of hydrogen-bond donors (Lipinski definition) is 1. The van der Waals surface area contributed by atoms with E-state index in [2.05, 4.69) is 25.2 Å². The highest BCUT2D eigenvalue weighted by molar-refractivity contribution is 6.03. The normalized spacial score (nSPS) is 10.7. The van der Waals surface area contributed by atoms with Crippen molar-refractivity contribution in [2.24, 2.45) is 0 Å². The molecule has 1 heterocycles. The predicted molar refractivity (Wildman–Crippen MR) is 71.9 cm³/mol. The molecule has 0 aliphatic heterocycles. The number of hydrogen-bond acceptors (Lipinski definition) is 2. The number of nitrogens with one attached hydrogen (secondary N) is 1. The van der Waals surface area contributed by atoms with Crippen LogP contribution in [0.5, 0.6) is 0 Å². The zero-order chi connectivity index (χ0) is 13.1. The first kappa shape index (κ1) is 12.4. The zero-order valence-electron chi connectivity index (χ0n) is 10.9. The molecule has 94 valence electrons. The van der Waals surface area contributed by atoms with Crippen molar-refractivity contribution < 1.29 is 9.21 Å². The third kappa shape index (κ3) is 2.62. The Hall–Kier alpha value is -2.03. The van der Waals surface area contributed by atoms with Gasteiger partial charge in [0, 0.05) is 11.3 Å². The molecule has 0 unspecified atom stereocenters. The first-order valence-corrected chi connectivity index (χ1v) is 6.03. The summed E-state index contributed by atoms with van der Waals surface area (Å²) in [5.74, 6) is 0.593. The Bertz CT molecular complexity index is 555. The van der Waals surface area contributed by atoms with Gasteiger partial charge < -0.3 is 9.73 Å². The van der Waals surface area contributed by atoms with Crippen molar-refractivity contribution >= 4 is 11.6 Å². The molecule has 0 atom stereocenters. The van der Waals surface area contributed by atoms with Gasteiger partial charge in [-0.15, -0.1) is 0 Å². The maximum Gasteiger partial charge on any atom is 0.291 e. The van der Waals surface area contributed by atoms with E-state index >= 15 is 0 Å². The van der Waals surface area contributed by atoms with Crippen LogP contribution in [0.25, 0.3) is 0 Å². The summed E-state index contributed by atoms with van der Waals surface area (Å²) in [6.07, 6.45) is 1.52. The van der Waals surface area contributed by atoms with E-state index in [1.165, 1.54) is 11.8 Å². The lowest BCUT2D eigenvalue weighted by molar-refractivity contribution is 0.0996. The van der Waals surface area contributed by atoms with Crippen LogP contribution in [0, 0.1) is 6.92 Å². The molecule has 1 amide bonds. The lowest BCUT2D eigenvalue weighted by atomic mass is 10.0. The van der Waals surface area contributed by atoms with Crippen molar-refractivity contribution in [3.8, 4) is 0 Å². The van der Waals surface area contributed by atoms with E-state index in [1.807, 2.05) is 25.1 Å². The fourth-order valence-corrected chi connectivity index (χ4v) is 1.77. The number of carbonyl (C=O) groups excluding carboxylic acids is 1. The maximum absolute atomic E-state index is 12.0. The SMILES string of the molecule is Cc1ccoc1C(=O)Nc1cccc(C(C)C)c1. The van der Waals surface area contributed by atoms with Crippen LogP contribution in [0.1, 0.15) is 41.4 Å². The maximum atomic E-state index is 12.0. The molecule has 0 fully saturated rings. The van der Waals surface area contributed by atoms with E-state index < -0.39 is 0 Å². The molecule has 0 saturated carbocycles. The van der Waals surface area contributed by atoms with Gasteiger partial charge in [-0.05, 0) is 36.6 Å². The minimum atomic E-state index is -0.210. The summed E-state index contributed by atoms with van der Waals surface area (Å²) in [5, 5.41) is 2.85. The number of aryl methyl sites for hydroxylation is 1. The molecule has 1 aromatic heterocycles. The van der Waals surface area contributed by atoms with Gasteiger partial charge in [-0.2, -0.15) is 0 Å². The smallest absolute Gasteiger partial charge is 0.291 e. The van der Waals surface area contributed by atoms with E-state index in [1.54, 1.807) is 6.07 Å². The van der Waals surface area contributed by atoms with Gasteiger partial charge in [0.05, 0.1) is 6.26 Å². The highest BCUT2D eigenvalue weighted by Crippen LogP contribution is 2.19. The fourth-order valence-electron chi connectivity index (χ4n) is 1.77. The second-order valence-electron chi connectivity index (χ2n) is 4.67. The summed E-state index contributed by atoms with van der Waals surface area (Å²) < 4.78 is 5.16. The molecule has 3 nitrogen and oxygen atoms in total. The Balaban J connectivity index is 2.17. The van der Waals surface area contributed by atoms with E-state index in [0.717, 1.165) is 11.3 Å². The lowest BCUT2D eigenvalue weighted by Crippen LogP contribution is -2.12. The molecule has 0 radical (unpaired) electrons. The van der Waals surface area contributed by atoms with Crippen LogP contribution in [-0.2, 0) is 0 Å². The van der Waals surface area contributed by atoms with Crippen LogP contribution < -0.4 is 5.32 Å². The van der Waals surface area contributed by atoms with Gasteiger partial charge >= 0.3 is 0 Å². The molecule has 0 aliphatic rings. The average Bonchev–Trinajstić information content (AvgIpc) is 2.76. The van der Waals surface area contributed by atoms with E-state index in [0.29, 0.717) is 11.7 Å². The van der Waals surface area contributed by atoms with Crippen molar-refractivity contribution in [1.29, 1.82) is 0 Å². The molecule has 1 N–H and O–H groups in total. The second kappa shape index (κ2) is 5.08. The Morgan fingerprint density at radius 1 is 1.28 bits per heavy atom. The number of furan rings is 1. The van der Waals surface area contributed by atoms with Gasteiger partial charge in [0.15, 0.2) is 5.76 Å². The first-order chi connectivity index (χ1) is 8.58. The first-order valence-electron chi connectivity index (χ1n) is 6.03. The number of rotatable bonds is 3. The molecule has 0 spiro atoms. The summed E-state index contributed by atoms with van der Waals surface area (Å²) in [7, 11) is 0. The van der Waals surface area contributed by atoms with Crippen LogP contribution in [-0.4, -0.2) is 5.91 Å². The number of carbonyl (C=O) groups is 1. The Morgan fingerprint density at radius 3 is 2.67 bits per heavy atom. The van der Waals surface area contributed by atoms with Gasteiger partial charge in [-0.25, -0.2) is 0 Å². The van der Waals surface area contributed by atoms with Crippen LogP contribution in [0.2, 0.25) is 0 Å². The average molecular weight is 243 g/mol. The lowest BCUT2D eigenvalue weighted by Gasteiger charge is -2.09. The van der Waals surface area contributed by atoms with Crippen molar-refractivity contribution in [1.82, 2.24) is 0 Å². The van der Waals surface area contributed by atoms with Gasteiger partial charge in [0.2, 0.25) is 0 Å². The van der Waals surface area contributed by atoms with Crippen molar-refractivity contribution in [3.63, 3.8) is 0 Å². The van der Waals surface area contributed by atoms with Crippen LogP contribution in [0.15, 0.2) is 41.0 Å². The third-order valence-electron chi connectivity index (χ3n) is 2.88. The summed E-state index contributed by atoms with van der Waals surface area (Å²) in [6.45, 7) is 6.10. The van der Waals surface area contributed by atoms with E-state index in [9.17, 15) is 4.79 Å². The molecule has 0 aliphatic carbocycles. The molecule has 18 heavy (non-hydrogen) atoms. The Morgan fingerprint density at radius 2 is 2.06 bits per heavy atom. The van der Waals surface area contributed by atoms with E-state index in [-0.39, 0.29) is 5.91 Å². The molecule has 2 rings (SSSR count). The molecule has 1 aromatic carbocycles. The molecule has 2 aromatic rings. The van der Waals surface area contributed by atoms with Crippen molar-refractivity contribution in [2.75, 3.05) is 5.32 Å². The highest BCUT2D eigenvalue weighted by Gasteiger charge is 2.12. The number of amides is 1. The largest absolute Gasteiger partial charge is 0.459 e. The Kier molecular flexibility index (Phi) is 3.51. The summed E-state index contributed by atoms with van der Waals surface area (Å²) >= 11 is 0. The van der Waals surface area contributed by atoms with Crippen LogP contribution >= 0.6 is 0 Å². The predicted octanol–water partition coefficient (Wildman–Crippen LogP) is 3.96. The molecular formula is C15H17NO2. The monoisotopic (exact) mass is 243 g/mol. The Labute approximate surface area is 107 Å². The van der Waals surface area contributed by atoms with Gasteiger partial charge in [0.1, 0.15) is 0 Å². The molecule has 3 heteroatoms. The van der Waals surface area contributed by atoms with Gasteiger partial charge in [-0.1, -0.05) is 26.0 Å². The second-order valence-corrected chi connectivity index (χ2v) is 4.67. The van der Waals surface area contributed by atoms with Crippen LogP contribution in [0.4, 0.5) is 5.69 Å². The highest BCUT2D eigenvalue weighted by atomic mass is 16.3. The number of anilines is 1. The molecular weight excluding hydrogens is 226 g/mol. The van der Waals surface area contributed by atoms with Gasteiger partial charge in [0.25, 0.3) is 5.91 Å². The fraction of sp³-hybridized carbons (Fsp3) is 0.267. The standard InChI is InChI=1S/C15H17NO2/c1-10(2)12-5-4-6-13(9-12)16-15(17)14-11(3)7-8-18-14/h4-10H,1-3H3,(H,16,17). The minimum absolute atomic E-state index is 0.210. The van der Waals surface area contributed by atoms with Crippen molar-refractivity contribution in [2.45, 2.75) is 26.7 Å². The van der Waals surface area contributed by atoms with Crippen molar-refractivity contribution in [3.05, 3.63) is 53.5 Å². The van der Waals surface area contributed by atoms with Gasteiger partial charge in [-0.3, -0.25) is 4.79 Å². The quantitative estimate of drug-likeness (QED) is 0.886. The topological polar surface area (TPSA) is 42.2 Å². The molecule has 0 bridgehead atoms. The van der Waals surface area contributed by atoms with E-state index in [4.69, 9.17) is 4.42 Å². The third-order valence-corrected chi connectivity index (χ3v) is 2.88.